The highest BCUT2D eigenvalue weighted by molar-refractivity contribution is 7.80. The lowest BCUT2D eigenvalue weighted by Gasteiger charge is -2.38. The minimum absolute atomic E-state index is 0.114. The molecule has 2 aliphatic heterocycles. The first kappa shape index (κ1) is 22.2. The fourth-order valence-electron chi connectivity index (χ4n) is 3.87. The van der Waals surface area contributed by atoms with E-state index in [0.717, 1.165) is 30.0 Å². The van der Waals surface area contributed by atoms with Crippen LogP contribution in [-0.4, -0.2) is 56.6 Å². The van der Waals surface area contributed by atoms with Crippen LogP contribution in [0.2, 0.25) is 0 Å². The molecule has 3 atom stereocenters. The molecule has 10 heteroatoms. The average Bonchev–Trinajstić information content (AvgIpc) is 3.25. The van der Waals surface area contributed by atoms with Crippen LogP contribution >= 0.6 is 0 Å². The number of carbonyl (C=O) groups excluding carboxylic acids is 3. The van der Waals surface area contributed by atoms with E-state index >= 15 is 0 Å². The van der Waals surface area contributed by atoms with Crippen molar-refractivity contribution in [3.05, 3.63) is 24.3 Å². The van der Waals surface area contributed by atoms with Crippen LogP contribution in [0.5, 0.6) is 0 Å². The predicted molar refractivity (Wildman–Crippen MR) is 112 cm³/mol. The van der Waals surface area contributed by atoms with E-state index in [1.54, 1.807) is 29.2 Å². The Morgan fingerprint density at radius 2 is 2.00 bits per heavy atom. The third-order valence-electron chi connectivity index (χ3n) is 5.42. The summed E-state index contributed by atoms with van der Waals surface area (Å²) in [7, 11) is 0. The highest BCUT2D eigenvalue weighted by Gasteiger charge is 2.36. The van der Waals surface area contributed by atoms with E-state index in [4.69, 9.17) is 0 Å². The lowest BCUT2D eigenvalue weighted by Crippen LogP contribution is -2.53. The van der Waals surface area contributed by atoms with E-state index in [9.17, 15) is 23.1 Å². The van der Waals surface area contributed by atoms with Gasteiger partial charge in [0.1, 0.15) is 12.1 Å². The third-order valence-corrected chi connectivity index (χ3v) is 6.19. The van der Waals surface area contributed by atoms with E-state index in [1.165, 1.54) is 0 Å². The van der Waals surface area contributed by atoms with E-state index in [2.05, 4.69) is 10.6 Å². The normalized spacial score (nSPS) is 20.3. The van der Waals surface area contributed by atoms with Gasteiger partial charge in [-0.3, -0.25) is 22.9 Å². The van der Waals surface area contributed by atoms with Gasteiger partial charge < -0.3 is 20.1 Å². The van der Waals surface area contributed by atoms with Gasteiger partial charge >= 0.3 is 0 Å². The Kier molecular flexibility index (Phi) is 7.43. The molecule has 9 nitrogen and oxygen atoms in total. The number of benzene rings is 1. The minimum atomic E-state index is -2.74. The number of nitrogens with zero attached hydrogens (tertiary/aromatic N) is 2. The number of rotatable bonds is 8. The molecule has 30 heavy (non-hydrogen) atoms. The Labute approximate surface area is 178 Å². The minimum Gasteiger partial charge on any atom is -0.755 e. The molecular formula is C20H27N4O5S-. The molecule has 0 radical (unpaired) electrons. The number of unbranched alkanes of at least 4 members (excludes halogenated alkanes) is 1. The molecule has 2 unspecified atom stereocenters. The van der Waals surface area contributed by atoms with E-state index in [0.29, 0.717) is 30.9 Å². The van der Waals surface area contributed by atoms with Crippen molar-refractivity contribution in [3.63, 3.8) is 0 Å². The first-order valence-corrected chi connectivity index (χ1v) is 11.3. The molecule has 0 saturated carbocycles. The number of hydrogen-bond donors (Lipinski definition) is 2. The van der Waals surface area contributed by atoms with Gasteiger partial charge in [-0.1, -0.05) is 31.9 Å². The monoisotopic (exact) mass is 435 g/mol. The summed E-state index contributed by atoms with van der Waals surface area (Å²) in [6, 6.07) is 4.62. The molecule has 1 aromatic rings. The third kappa shape index (κ3) is 4.99. The second-order valence-corrected chi connectivity index (χ2v) is 8.39. The lowest BCUT2D eigenvalue weighted by atomic mass is 10.1. The highest BCUT2D eigenvalue weighted by Crippen LogP contribution is 2.33. The molecule has 0 spiro atoms. The fourth-order valence-corrected chi connectivity index (χ4v) is 4.57. The number of carbonyl (C=O) groups is 3. The van der Waals surface area contributed by atoms with Crippen LogP contribution in [0.1, 0.15) is 45.4 Å². The maximum absolute atomic E-state index is 12.8. The summed E-state index contributed by atoms with van der Waals surface area (Å²) in [5.74, 6) is -1.22. The van der Waals surface area contributed by atoms with E-state index in [-0.39, 0.29) is 12.3 Å². The van der Waals surface area contributed by atoms with Gasteiger partial charge in [-0.15, -0.1) is 0 Å². The van der Waals surface area contributed by atoms with Crippen molar-refractivity contribution in [2.45, 2.75) is 57.5 Å². The number of anilines is 2. The molecule has 0 bridgehead atoms. The summed E-state index contributed by atoms with van der Waals surface area (Å²) < 4.78 is 24.6. The van der Waals surface area contributed by atoms with Crippen molar-refractivity contribution in [1.29, 1.82) is 0 Å². The second kappa shape index (κ2) is 10.0. The number of hydrogen-bond acceptors (Lipinski definition) is 5. The molecule has 1 fully saturated rings. The summed E-state index contributed by atoms with van der Waals surface area (Å²) in [5.41, 5.74) is 0.673. The largest absolute Gasteiger partial charge is 0.755 e. The number of amides is 3. The second-order valence-electron chi connectivity index (χ2n) is 7.56. The molecule has 2 heterocycles. The standard InChI is InChI=1S/C20H28N4O5S/c1-2-3-8-15(20(27)23-11-6-7-12-23)21-18(25)13-17-19(26)22-14-9-4-5-10-16(14)24(17)30(28)29/h4-5,9-10,15,17H,2-3,6-8,11-13H2,1H3,(H,21,25)(H,22,26)(H,28,29)/p-1/t15-,17?/m1/s1. The molecule has 2 aliphatic rings. The molecule has 0 aromatic heterocycles. The van der Waals surface area contributed by atoms with Gasteiger partial charge in [-0.25, -0.2) is 0 Å². The quantitative estimate of drug-likeness (QED) is 0.596. The van der Waals surface area contributed by atoms with Crippen LogP contribution < -0.4 is 14.9 Å². The molecule has 1 saturated heterocycles. The van der Waals surface area contributed by atoms with Gasteiger partial charge in [0, 0.05) is 24.4 Å². The summed E-state index contributed by atoms with van der Waals surface area (Å²) in [6.45, 7) is 3.37. The summed E-state index contributed by atoms with van der Waals surface area (Å²) in [6.07, 6.45) is 3.69. The topological polar surface area (TPSA) is 122 Å². The smallest absolute Gasteiger partial charge is 0.248 e. The van der Waals surface area contributed by atoms with Crippen molar-refractivity contribution in [2.24, 2.45) is 0 Å². The van der Waals surface area contributed by atoms with Crippen molar-refractivity contribution in [2.75, 3.05) is 22.7 Å². The number of fused-ring (bicyclic) bond motifs is 1. The Bertz CT molecular complexity index is 827. The molecular weight excluding hydrogens is 408 g/mol. The van der Waals surface area contributed by atoms with E-state index in [1.807, 2.05) is 6.92 Å². The van der Waals surface area contributed by atoms with Crippen molar-refractivity contribution in [3.8, 4) is 0 Å². The fraction of sp³-hybridized carbons (Fsp3) is 0.550. The van der Waals surface area contributed by atoms with Crippen LogP contribution in [0.4, 0.5) is 11.4 Å². The zero-order valence-electron chi connectivity index (χ0n) is 17.0. The van der Waals surface area contributed by atoms with Gasteiger partial charge in [0.25, 0.3) is 0 Å². The Morgan fingerprint density at radius 3 is 2.67 bits per heavy atom. The predicted octanol–water partition coefficient (Wildman–Crippen LogP) is 1.30. The zero-order valence-corrected chi connectivity index (χ0v) is 17.8. The Hall–Kier alpha value is -2.46. The maximum atomic E-state index is 12.8. The average molecular weight is 436 g/mol. The van der Waals surface area contributed by atoms with Gasteiger partial charge in [-0.2, -0.15) is 0 Å². The first-order valence-electron chi connectivity index (χ1n) is 10.3. The molecule has 2 N–H and O–H groups in total. The van der Waals surface area contributed by atoms with Gasteiger partial charge in [0.05, 0.1) is 17.8 Å². The van der Waals surface area contributed by atoms with Gasteiger partial charge in [-0.05, 0) is 31.4 Å². The molecule has 3 amide bonds. The number of likely N-dealkylation sites (tertiary alicyclic amines) is 1. The van der Waals surface area contributed by atoms with Crippen LogP contribution in [0, 0.1) is 0 Å². The van der Waals surface area contributed by atoms with Crippen LogP contribution in [0.3, 0.4) is 0 Å². The summed E-state index contributed by atoms with van der Waals surface area (Å²) in [5, 5.41) is 5.39. The molecule has 1 aromatic carbocycles. The Morgan fingerprint density at radius 1 is 1.30 bits per heavy atom. The van der Waals surface area contributed by atoms with Crippen LogP contribution in [0.15, 0.2) is 24.3 Å². The van der Waals surface area contributed by atoms with Gasteiger partial charge in [0.2, 0.25) is 17.7 Å². The first-order chi connectivity index (χ1) is 14.4. The number of nitrogens with one attached hydrogen (secondary N) is 2. The summed E-state index contributed by atoms with van der Waals surface area (Å²) >= 11 is -2.74. The molecule has 0 aliphatic carbocycles. The van der Waals surface area contributed by atoms with Crippen LogP contribution in [0.25, 0.3) is 0 Å². The van der Waals surface area contributed by atoms with Crippen molar-refractivity contribution in [1.82, 2.24) is 10.2 Å². The van der Waals surface area contributed by atoms with Crippen molar-refractivity contribution < 1.29 is 23.1 Å². The lowest BCUT2D eigenvalue weighted by molar-refractivity contribution is -0.136. The zero-order chi connectivity index (χ0) is 21.7. The van der Waals surface area contributed by atoms with Crippen LogP contribution in [-0.2, 0) is 25.7 Å². The Balaban J connectivity index is 1.73. The van der Waals surface area contributed by atoms with Crippen molar-refractivity contribution >= 4 is 40.4 Å². The highest BCUT2D eigenvalue weighted by atomic mass is 32.2. The SMILES string of the molecule is CCCC[C@@H](NC(=O)CC1C(=O)Nc2ccccc2N1S(=O)[O-])C(=O)N1CCCC1. The molecule has 3 rings (SSSR count). The summed E-state index contributed by atoms with van der Waals surface area (Å²) in [4.78, 5) is 39.8. The number of para-hydroxylation sites is 2. The maximum Gasteiger partial charge on any atom is 0.248 e. The van der Waals surface area contributed by atoms with E-state index < -0.39 is 35.2 Å². The molecule has 164 valence electrons. The van der Waals surface area contributed by atoms with Gasteiger partial charge in [0.15, 0.2) is 0 Å².